The minimum atomic E-state index is -1.63. The van der Waals surface area contributed by atoms with E-state index in [0.29, 0.717) is 0 Å². The van der Waals surface area contributed by atoms with Gasteiger partial charge in [-0.1, -0.05) is 0 Å². The van der Waals surface area contributed by atoms with Gasteiger partial charge in [0.25, 0.3) is 0 Å². The van der Waals surface area contributed by atoms with Crippen molar-refractivity contribution in [1.82, 2.24) is 0 Å². The summed E-state index contributed by atoms with van der Waals surface area (Å²) in [6.07, 6.45) is 0. The number of carboxylic acids is 2. The van der Waals surface area contributed by atoms with E-state index in [2.05, 4.69) is 0 Å². The average molecular weight is 268 g/mol. The van der Waals surface area contributed by atoms with Crippen LogP contribution in [0.2, 0.25) is 0 Å². The maximum absolute atomic E-state index is 9.48. The molecule has 0 rings (SSSR count). The van der Waals surface area contributed by atoms with Gasteiger partial charge in [-0.15, -0.1) is 0 Å². The Hall–Kier alpha value is -0.580. The average Bonchev–Trinajstić information content (AvgIpc) is 1.88. The van der Waals surface area contributed by atoms with Gasteiger partial charge in [0.2, 0.25) is 0 Å². The van der Waals surface area contributed by atoms with E-state index in [1.165, 1.54) is 0 Å². The van der Waals surface area contributed by atoms with Gasteiger partial charge in [-0.25, -0.2) is 0 Å². The van der Waals surface area contributed by atoms with Crippen LogP contribution in [0.5, 0.6) is 0 Å². The number of hydrogen-bond donors (Lipinski definition) is 0. The van der Waals surface area contributed by atoms with E-state index in [1.807, 2.05) is 0 Å². The molecular weight excluding hydrogens is 256 g/mol. The summed E-state index contributed by atoms with van der Waals surface area (Å²) in [6, 6.07) is 0. The van der Waals surface area contributed by atoms with E-state index in [9.17, 15) is 29.4 Å². The topological polar surface area (TPSA) is 209 Å². The number of aliphatic carboxylic acids is 2. The molecule has 0 aliphatic heterocycles. The first-order chi connectivity index (χ1) is 5.29. The van der Waals surface area contributed by atoms with E-state index in [-0.39, 0.29) is 54.2 Å². The molecule has 0 aromatic heterocycles. The van der Waals surface area contributed by atoms with E-state index in [1.54, 1.807) is 0 Å². The first-order valence-electron chi connectivity index (χ1n) is 2.72. The third-order valence-corrected chi connectivity index (χ3v) is 0.575. The third kappa shape index (κ3) is 37.6. The number of rotatable bonds is 2. The Labute approximate surface area is 120 Å². The second-order valence-corrected chi connectivity index (χ2v) is 1.69. The van der Waals surface area contributed by atoms with E-state index < -0.39 is 23.5 Å². The van der Waals surface area contributed by atoms with Crippen molar-refractivity contribution in [3.63, 3.8) is 0 Å². The van der Waals surface area contributed by atoms with E-state index in [4.69, 9.17) is 0 Å². The SMILES string of the molecule is CC(=O)C(=O)[O-].CC(=O)C(=O)[O-].O.O.O.[Ca+2]. The van der Waals surface area contributed by atoms with Crippen molar-refractivity contribution in [2.24, 2.45) is 0 Å². The van der Waals surface area contributed by atoms with Crippen LogP contribution in [0.15, 0.2) is 0 Å². The summed E-state index contributed by atoms with van der Waals surface area (Å²) in [5, 5.41) is 18.5. The molecule has 0 radical (unpaired) electrons. The molecule has 0 unspecified atom stereocenters. The minimum absolute atomic E-state index is 0. The number of carboxylic acid groups (broad SMARTS) is 2. The van der Waals surface area contributed by atoms with Gasteiger partial charge in [0.1, 0.15) is 11.9 Å². The fourth-order valence-corrected chi connectivity index (χ4v) is 0. The van der Waals surface area contributed by atoms with Crippen molar-refractivity contribution in [2.75, 3.05) is 0 Å². The molecule has 6 N–H and O–H groups in total. The van der Waals surface area contributed by atoms with Crippen molar-refractivity contribution >= 4 is 61.2 Å². The van der Waals surface area contributed by atoms with Crippen LogP contribution in [0, 0.1) is 0 Å². The molecule has 92 valence electrons. The Morgan fingerprint density at radius 1 is 0.688 bits per heavy atom. The Balaban J connectivity index is -0.0000000250. The molecule has 0 atom stereocenters. The number of ketones is 2. The number of hydrogen-bond acceptors (Lipinski definition) is 6. The molecule has 0 aromatic carbocycles. The smallest absolute Gasteiger partial charge is 0.542 e. The minimum Gasteiger partial charge on any atom is -0.542 e. The number of carbonyl (C=O) groups excluding carboxylic acids is 4. The molecule has 0 aliphatic carbocycles. The molecule has 0 spiro atoms. The van der Waals surface area contributed by atoms with Gasteiger partial charge in [-0.05, 0) is 0 Å². The fourth-order valence-electron chi connectivity index (χ4n) is 0. The predicted octanol–water partition coefficient (Wildman–Crippen LogP) is -6.20. The second-order valence-electron chi connectivity index (χ2n) is 1.69. The normalized spacial score (nSPS) is 5.62. The molecule has 9 nitrogen and oxygen atoms in total. The quantitative estimate of drug-likeness (QED) is 0.350. The van der Waals surface area contributed by atoms with Crippen LogP contribution in [0.3, 0.4) is 0 Å². The number of carbonyl (C=O) groups is 4. The molecule has 0 bridgehead atoms. The summed E-state index contributed by atoms with van der Waals surface area (Å²) in [7, 11) is 0. The Morgan fingerprint density at radius 2 is 0.750 bits per heavy atom. The molecule has 0 saturated carbocycles. The largest absolute Gasteiger partial charge is 2.00 e. The van der Waals surface area contributed by atoms with Crippen molar-refractivity contribution in [1.29, 1.82) is 0 Å². The summed E-state index contributed by atoms with van der Waals surface area (Å²) in [4.78, 5) is 37.4. The molecule has 16 heavy (non-hydrogen) atoms. The van der Waals surface area contributed by atoms with E-state index >= 15 is 0 Å². The van der Waals surface area contributed by atoms with Gasteiger partial charge in [0.15, 0.2) is 11.6 Å². The van der Waals surface area contributed by atoms with Crippen molar-refractivity contribution in [3.8, 4) is 0 Å². The third-order valence-electron chi connectivity index (χ3n) is 0.575. The van der Waals surface area contributed by atoms with Crippen LogP contribution in [0.1, 0.15) is 13.8 Å². The zero-order chi connectivity index (χ0) is 10.3. The van der Waals surface area contributed by atoms with Gasteiger partial charge >= 0.3 is 37.7 Å². The van der Waals surface area contributed by atoms with Crippen molar-refractivity contribution in [3.05, 3.63) is 0 Å². The summed E-state index contributed by atoms with van der Waals surface area (Å²) in [5.41, 5.74) is 0. The summed E-state index contributed by atoms with van der Waals surface area (Å²) < 4.78 is 0. The van der Waals surface area contributed by atoms with Crippen LogP contribution >= 0.6 is 0 Å². The van der Waals surface area contributed by atoms with Crippen molar-refractivity contribution < 1.29 is 45.8 Å². The second kappa shape index (κ2) is 19.9. The standard InChI is InChI=1S/2C3H4O3.Ca.3H2O/c2*1-2(4)3(5)6;;;;/h2*1H3,(H,5,6);;3*1H2/q;;+2;;;/p-2. The zero-order valence-corrected chi connectivity index (χ0v) is 10.9. The Kier molecular flexibility index (Phi) is 45.0. The molecule has 0 fully saturated rings. The van der Waals surface area contributed by atoms with Gasteiger partial charge < -0.3 is 36.2 Å². The Bertz CT molecular complexity index is 176. The van der Waals surface area contributed by atoms with Gasteiger partial charge in [0, 0.05) is 13.8 Å². The fraction of sp³-hybridized carbons (Fsp3) is 0.333. The van der Waals surface area contributed by atoms with Crippen molar-refractivity contribution in [2.45, 2.75) is 13.8 Å². The van der Waals surface area contributed by atoms with Gasteiger partial charge in [-0.3, -0.25) is 9.59 Å². The number of Topliss-reactive ketones (excluding diaryl/α,β-unsaturated/α-hetero) is 2. The monoisotopic (exact) mass is 268 g/mol. The maximum atomic E-state index is 9.48. The Morgan fingerprint density at radius 3 is 0.750 bits per heavy atom. The first-order valence-corrected chi connectivity index (χ1v) is 2.72. The summed E-state index contributed by atoms with van der Waals surface area (Å²) >= 11 is 0. The molecular formula is C6H12CaO9. The zero-order valence-electron chi connectivity index (χ0n) is 8.66. The van der Waals surface area contributed by atoms with Gasteiger partial charge in [-0.2, -0.15) is 0 Å². The molecule has 0 heterocycles. The van der Waals surface area contributed by atoms with Crippen LogP contribution in [-0.4, -0.2) is 77.7 Å². The molecule has 0 saturated heterocycles. The van der Waals surface area contributed by atoms with Gasteiger partial charge in [0.05, 0.1) is 0 Å². The van der Waals surface area contributed by atoms with Crippen LogP contribution < -0.4 is 10.2 Å². The molecule has 10 heteroatoms. The molecule has 0 amide bonds. The summed E-state index contributed by atoms with van der Waals surface area (Å²) in [6.45, 7) is 1.88. The molecule has 0 aromatic rings. The van der Waals surface area contributed by atoms with E-state index in [0.717, 1.165) is 13.8 Å². The molecule has 0 aliphatic rings. The predicted molar refractivity (Wildman–Crippen MR) is 48.0 cm³/mol. The first kappa shape index (κ1) is 36.1. The van der Waals surface area contributed by atoms with Crippen LogP contribution in [0.25, 0.3) is 0 Å². The van der Waals surface area contributed by atoms with Crippen LogP contribution in [0.4, 0.5) is 0 Å². The van der Waals surface area contributed by atoms with Crippen LogP contribution in [-0.2, 0) is 19.2 Å². The summed E-state index contributed by atoms with van der Waals surface area (Å²) in [5.74, 6) is -5.13. The maximum Gasteiger partial charge on any atom is 2.00 e.